The van der Waals surface area contributed by atoms with Gasteiger partial charge in [-0.15, -0.1) is 0 Å². The van der Waals surface area contributed by atoms with Crippen molar-refractivity contribution in [2.24, 2.45) is 0 Å². The molecule has 0 unspecified atom stereocenters. The number of aryl methyl sites for hydroxylation is 3. The maximum Gasteiger partial charge on any atom is 0.232 e. The Balaban J connectivity index is 2.06. The SMILES string of the molecule is COc1ccc(C)cc1NC(=O)CCCN(c1cc(C)ccc1C)S(C)(=O)=O. The molecule has 0 heterocycles. The smallest absolute Gasteiger partial charge is 0.232 e. The van der Waals surface area contributed by atoms with Gasteiger partial charge >= 0.3 is 0 Å². The van der Waals surface area contributed by atoms with E-state index >= 15 is 0 Å². The number of carbonyl (C=O) groups excluding carboxylic acids is 1. The average Bonchev–Trinajstić information content (AvgIpc) is 2.60. The molecule has 0 fully saturated rings. The maximum absolute atomic E-state index is 12.3. The molecule has 0 saturated heterocycles. The highest BCUT2D eigenvalue weighted by atomic mass is 32.2. The number of nitrogens with one attached hydrogen (secondary N) is 1. The molecule has 2 rings (SSSR count). The molecule has 152 valence electrons. The second kappa shape index (κ2) is 9.10. The summed E-state index contributed by atoms with van der Waals surface area (Å²) in [5.41, 5.74) is 4.14. The van der Waals surface area contributed by atoms with Crippen LogP contribution in [0.3, 0.4) is 0 Å². The first kappa shape index (κ1) is 21.8. The third kappa shape index (κ3) is 5.73. The highest BCUT2D eigenvalue weighted by Gasteiger charge is 2.19. The molecule has 1 N–H and O–H groups in total. The molecule has 0 spiro atoms. The predicted octanol–water partition coefficient (Wildman–Crippen LogP) is 3.81. The van der Waals surface area contributed by atoms with Crippen LogP contribution in [0.5, 0.6) is 5.75 Å². The second-order valence-electron chi connectivity index (χ2n) is 6.98. The first-order valence-corrected chi connectivity index (χ1v) is 11.0. The molecule has 7 heteroatoms. The van der Waals surface area contributed by atoms with E-state index in [4.69, 9.17) is 4.74 Å². The van der Waals surface area contributed by atoms with E-state index in [9.17, 15) is 13.2 Å². The highest BCUT2D eigenvalue weighted by Crippen LogP contribution is 2.26. The lowest BCUT2D eigenvalue weighted by atomic mass is 10.1. The van der Waals surface area contributed by atoms with Crippen molar-refractivity contribution in [3.8, 4) is 5.75 Å². The number of methoxy groups -OCH3 is 1. The monoisotopic (exact) mass is 404 g/mol. The van der Waals surface area contributed by atoms with Gasteiger partial charge in [0.2, 0.25) is 15.9 Å². The van der Waals surface area contributed by atoms with Crippen LogP contribution in [0.4, 0.5) is 11.4 Å². The van der Waals surface area contributed by atoms with Crippen LogP contribution >= 0.6 is 0 Å². The number of rotatable bonds is 8. The Morgan fingerprint density at radius 1 is 1.07 bits per heavy atom. The van der Waals surface area contributed by atoms with Crippen molar-refractivity contribution in [1.29, 1.82) is 0 Å². The summed E-state index contributed by atoms with van der Waals surface area (Å²) in [6.45, 7) is 5.97. The predicted molar refractivity (Wildman–Crippen MR) is 114 cm³/mol. The number of amides is 1. The number of hydrogen-bond donors (Lipinski definition) is 1. The average molecular weight is 405 g/mol. The van der Waals surface area contributed by atoms with Crippen LogP contribution in [0.1, 0.15) is 29.5 Å². The van der Waals surface area contributed by atoms with E-state index in [1.54, 1.807) is 13.2 Å². The molecular weight excluding hydrogens is 376 g/mol. The number of ether oxygens (including phenoxy) is 1. The molecule has 2 aromatic rings. The summed E-state index contributed by atoms with van der Waals surface area (Å²) in [4.78, 5) is 12.3. The van der Waals surface area contributed by atoms with Crippen LogP contribution in [0.2, 0.25) is 0 Å². The fourth-order valence-electron chi connectivity index (χ4n) is 2.97. The third-order valence-electron chi connectivity index (χ3n) is 4.43. The van der Waals surface area contributed by atoms with Crippen molar-refractivity contribution in [2.45, 2.75) is 33.6 Å². The van der Waals surface area contributed by atoms with Crippen molar-refractivity contribution >= 4 is 27.3 Å². The molecule has 0 aromatic heterocycles. The van der Waals surface area contributed by atoms with E-state index in [2.05, 4.69) is 5.32 Å². The quantitative estimate of drug-likeness (QED) is 0.726. The molecule has 0 aliphatic heterocycles. The van der Waals surface area contributed by atoms with Gasteiger partial charge < -0.3 is 10.1 Å². The summed E-state index contributed by atoms with van der Waals surface area (Å²) >= 11 is 0. The lowest BCUT2D eigenvalue weighted by molar-refractivity contribution is -0.116. The minimum absolute atomic E-state index is 0.182. The number of anilines is 2. The Morgan fingerprint density at radius 3 is 2.36 bits per heavy atom. The van der Waals surface area contributed by atoms with Crippen LogP contribution in [-0.2, 0) is 14.8 Å². The van der Waals surface area contributed by atoms with Gasteiger partial charge in [-0.25, -0.2) is 8.42 Å². The molecule has 0 aliphatic rings. The van der Waals surface area contributed by atoms with Gasteiger partial charge in [-0.2, -0.15) is 0 Å². The van der Waals surface area contributed by atoms with E-state index < -0.39 is 10.0 Å². The Labute approximate surface area is 167 Å². The van der Waals surface area contributed by atoms with Gasteiger partial charge in [-0.05, 0) is 62.1 Å². The van der Waals surface area contributed by atoms with Crippen LogP contribution in [0.25, 0.3) is 0 Å². The highest BCUT2D eigenvalue weighted by molar-refractivity contribution is 7.92. The van der Waals surface area contributed by atoms with Gasteiger partial charge in [-0.3, -0.25) is 9.10 Å². The third-order valence-corrected chi connectivity index (χ3v) is 5.61. The summed E-state index contributed by atoms with van der Waals surface area (Å²) < 4.78 is 31.2. The maximum atomic E-state index is 12.3. The van der Waals surface area contributed by atoms with Gasteiger partial charge in [0.05, 0.1) is 24.7 Å². The van der Waals surface area contributed by atoms with Crippen LogP contribution in [0.15, 0.2) is 36.4 Å². The molecule has 0 aliphatic carbocycles. The zero-order valence-corrected chi connectivity index (χ0v) is 17.9. The van der Waals surface area contributed by atoms with Gasteiger partial charge in [0.1, 0.15) is 5.75 Å². The van der Waals surface area contributed by atoms with E-state index in [1.807, 2.05) is 51.1 Å². The van der Waals surface area contributed by atoms with Crippen LogP contribution in [0, 0.1) is 20.8 Å². The summed E-state index contributed by atoms with van der Waals surface area (Å²) in [6, 6.07) is 11.3. The first-order chi connectivity index (χ1) is 13.1. The van der Waals surface area contributed by atoms with Gasteiger partial charge in [-0.1, -0.05) is 18.2 Å². The number of hydrogen-bond acceptors (Lipinski definition) is 4. The Bertz CT molecular complexity index is 955. The number of benzene rings is 2. The van der Waals surface area contributed by atoms with Gasteiger partial charge in [0.25, 0.3) is 0 Å². The van der Waals surface area contributed by atoms with Crippen molar-refractivity contribution in [3.63, 3.8) is 0 Å². The molecular formula is C21H28N2O4S. The zero-order valence-electron chi connectivity index (χ0n) is 17.1. The first-order valence-electron chi connectivity index (χ1n) is 9.11. The molecule has 0 saturated carbocycles. The van der Waals surface area contributed by atoms with Gasteiger partial charge in [0, 0.05) is 13.0 Å². The normalized spacial score (nSPS) is 11.2. The molecule has 28 heavy (non-hydrogen) atoms. The summed E-state index contributed by atoms with van der Waals surface area (Å²) in [5, 5.41) is 2.84. The molecule has 2 aromatic carbocycles. The second-order valence-corrected chi connectivity index (χ2v) is 8.89. The summed E-state index contributed by atoms with van der Waals surface area (Å²) in [7, 11) is -1.90. The largest absolute Gasteiger partial charge is 0.495 e. The summed E-state index contributed by atoms with van der Waals surface area (Å²) in [5.74, 6) is 0.408. The van der Waals surface area contributed by atoms with Crippen molar-refractivity contribution in [2.75, 3.05) is 29.5 Å². The van der Waals surface area contributed by atoms with Crippen LogP contribution in [-0.4, -0.2) is 34.2 Å². The van der Waals surface area contributed by atoms with Crippen molar-refractivity contribution in [3.05, 3.63) is 53.1 Å². The Hall–Kier alpha value is -2.54. The fourth-order valence-corrected chi connectivity index (χ4v) is 3.98. The van der Waals surface area contributed by atoms with E-state index in [1.165, 1.54) is 10.6 Å². The standard InChI is InChI=1S/C21H28N2O4S/c1-15-9-11-20(27-4)18(13-15)22-21(24)7-6-12-23(28(5,25)26)19-14-16(2)8-10-17(19)3/h8-11,13-14H,6-7,12H2,1-5H3,(H,22,24). The Morgan fingerprint density at radius 2 is 1.71 bits per heavy atom. The van der Waals surface area contributed by atoms with Gasteiger partial charge in [0.15, 0.2) is 0 Å². The number of carbonyl (C=O) groups is 1. The lowest BCUT2D eigenvalue weighted by Crippen LogP contribution is -2.32. The van der Waals surface area contributed by atoms with Crippen molar-refractivity contribution < 1.29 is 17.9 Å². The minimum atomic E-state index is -3.45. The Kier molecular flexibility index (Phi) is 7.07. The zero-order chi connectivity index (χ0) is 20.9. The lowest BCUT2D eigenvalue weighted by Gasteiger charge is -2.24. The van der Waals surface area contributed by atoms with E-state index in [0.717, 1.165) is 16.7 Å². The minimum Gasteiger partial charge on any atom is -0.495 e. The topological polar surface area (TPSA) is 75.7 Å². The van der Waals surface area contributed by atoms with Crippen molar-refractivity contribution in [1.82, 2.24) is 0 Å². The molecule has 6 nitrogen and oxygen atoms in total. The molecule has 0 radical (unpaired) electrons. The molecule has 0 bridgehead atoms. The molecule has 0 atom stereocenters. The molecule has 1 amide bonds. The fraction of sp³-hybridized carbons (Fsp3) is 0.381. The summed E-state index contributed by atoms with van der Waals surface area (Å²) in [6.07, 6.45) is 1.79. The van der Waals surface area contributed by atoms with E-state index in [-0.39, 0.29) is 18.9 Å². The number of nitrogens with zero attached hydrogens (tertiary/aromatic N) is 1. The number of sulfonamides is 1. The van der Waals surface area contributed by atoms with E-state index in [0.29, 0.717) is 23.5 Å². The van der Waals surface area contributed by atoms with Crippen LogP contribution < -0.4 is 14.4 Å².